The van der Waals surface area contributed by atoms with Crippen molar-refractivity contribution in [3.05, 3.63) is 71.4 Å². The number of rotatable bonds is 5. The maximum atomic E-state index is 14.9. The normalized spacial score (nSPS) is 10.5. The molecule has 1 heterocycles. The van der Waals surface area contributed by atoms with E-state index in [1.54, 1.807) is 24.3 Å². The van der Waals surface area contributed by atoms with Crippen LogP contribution in [0.25, 0.3) is 11.1 Å². The Balaban J connectivity index is 2.07. The summed E-state index contributed by atoms with van der Waals surface area (Å²) in [6.45, 7) is 1.52. The summed E-state index contributed by atoms with van der Waals surface area (Å²) in [5.41, 5.74) is 0.528. The molecule has 0 bridgehead atoms. The lowest BCUT2D eigenvalue weighted by Crippen LogP contribution is -2.08. The first kappa shape index (κ1) is 18.3. The zero-order valence-electron chi connectivity index (χ0n) is 14.6. The molecule has 0 aliphatic rings. The third-order valence-electron chi connectivity index (χ3n) is 4.12. The maximum Gasteiger partial charge on any atom is 0.339 e. The highest BCUT2D eigenvalue weighted by atomic mass is 19.1. The number of carboxylic acid groups (broad SMARTS) is 1. The Bertz CT molecular complexity index is 1020. The molecular weight excluding hydrogens is 354 g/mol. The van der Waals surface area contributed by atoms with E-state index >= 15 is 0 Å². The zero-order valence-corrected chi connectivity index (χ0v) is 14.6. The summed E-state index contributed by atoms with van der Waals surface area (Å²) in [7, 11) is 1.51. The lowest BCUT2D eigenvalue weighted by molar-refractivity contribution is 0.0697. The van der Waals surface area contributed by atoms with E-state index in [1.165, 1.54) is 38.4 Å². The second-order valence-corrected chi connectivity index (χ2v) is 5.78. The van der Waals surface area contributed by atoms with E-state index < -0.39 is 23.3 Å². The van der Waals surface area contributed by atoms with E-state index in [2.05, 4.69) is 10.3 Å². The molecule has 0 spiro atoms. The molecule has 2 aromatic carbocycles. The molecule has 0 unspecified atom stereocenters. The molecule has 0 saturated carbocycles. The van der Waals surface area contributed by atoms with Crippen molar-refractivity contribution in [1.29, 1.82) is 0 Å². The fourth-order valence-electron chi connectivity index (χ4n) is 2.72. The average Bonchev–Trinajstić information content (AvgIpc) is 2.68. The average molecular weight is 370 g/mol. The summed E-state index contributed by atoms with van der Waals surface area (Å²) >= 11 is 0. The first-order valence-electron chi connectivity index (χ1n) is 8.00. The number of benzene rings is 2. The van der Waals surface area contributed by atoms with Crippen LogP contribution in [0.5, 0.6) is 5.75 Å². The molecule has 27 heavy (non-hydrogen) atoms. The number of pyridine rings is 1. The molecule has 0 aliphatic carbocycles. The highest BCUT2D eigenvalue weighted by molar-refractivity contribution is 5.94. The van der Waals surface area contributed by atoms with E-state index in [0.717, 1.165) is 0 Å². The number of hydrogen-bond acceptors (Lipinski definition) is 4. The van der Waals surface area contributed by atoms with E-state index in [-0.39, 0.29) is 16.9 Å². The van der Waals surface area contributed by atoms with E-state index in [9.17, 15) is 18.7 Å². The zero-order chi connectivity index (χ0) is 19.6. The van der Waals surface area contributed by atoms with Crippen molar-refractivity contribution in [2.45, 2.75) is 6.92 Å². The number of carboxylic acids is 1. The minimum Gasteiger partial charge on any atom is -0.497 e. The summed E-state index contributed by atoms with van der Waals surface area (Å²) in [6.07, 6.45) is 1.34. The van der Waals surface area contributed by atoms with Crippen molar-refractivity contribution in [3.63, 3.8) is 0 Å². The molecular formula is C20H16F2N2O3. The van der Waals surface area contributed by atoms with Gasteiger partial charge in [-0.25, -0.2) is 18.6 Å². The lowest BCUT2D eigenvalue weighted by Gasteiger charge is -2.15. The van der Waals surface area contributed by atoms with Gasteiger partial charge in [-0.3, -0.25) is 0 Å². The maximum absolute atomic E-state index is 14.9. The molecule has 3 aromatic rings. The standard InChI is InChI=1S/C20H16F2N2O3/c1-11-15(12-5-3-6-13(9-12)27-2)10-16(21)18(17(11)22)24-19-14(20(25)26)7-4-8-23-19/h3-10H,1-2H3,(H,23,24)(H,25,26). The molecule has 3 rings (SSSR count). The van der Waals surface area contributed by atoms with Gasteiger partial charge in [0, 0.05) is 6.20 Å². The topological polar surface area (TPSA) is 71.5 Å². The van der Waals surface area contributed by atoms with Crippen molar-refractivity contribution in [3.8, 4) is 16.9 Å². The summed E-state index contributed by atoms with van der Waals surface area (Å²) in [6, 6.07) is 10.8. The van der Waals surface area contributed by atoms with Gasteiger partial charge in [-0.05, 0) is 53.9 Å². The number of aromatic carboxylic acids is 1. The van der Waals surface area contributed by atoms with Crippen LogP contribution in [0.3, 0.4) is 0 Å². The number of halogens is 2. The number of aromatic nitrogens is 1. The van der Waals surface area contributed by atoms with Gasteiger partial charge in [0.2, 0.25) is 0 Å². The third kappa shape index (κ3) is 3.57. The first-order valence-corrected chi connectivity index (χ1v) is 8.00. The predicted octanol–water partition coefficient (Wildman–Crippen LogP) is 4.79. The summed E-state index contributed by atoms with van der Waals surface area (Å²) in [4.78, 5) is 15.1. The Kier molecular flexibility index (Phi) is 5.03. The van der Waals surface area contributed by atoms with Gasteiger partial charge >= 0.3 is 5.97 Å². The van der Waals surface area contributed by atoms with Crippen LogP contribution in [0, 0.1) is 18.6 Å². The molecule has 0 radical (unpaired) electrons. The highest BCUT2D eigenvalue weighted by Crippen LogP contribution is 2.34. The van der Waals surface area contributed by atoms with Gasteiger partial charge < -0.3 is 15.2 Å². The van der Waals surface area contributed by atoms with Crippen molar-refractivity contribution < 1.29 is 23.4 Å². The van der Waals surface area contributed by atoms with Gasteiger partial charge in [-0.2, -0.15) is 0 Å². The van der Waals surface area contributed by atoms with Crippen LogP contribution in [0.1, 0.15) is 15.9 Å². The molecule has 0 atom stereocenters. The molecule has 5 nitrogen and oxygen atoms in total. The van der Waals surface area contributed by atoms with Crippen molar-refractivity contribution in [2.24, 2.45) is 0 Å². The number of hydrogen-bond donors (Lipinski definition) is 2. The monoisotopic (exact) mass is 370 g/mol. The first-order chi connectivity index (χ1) is 12.9. The molecule has 1 aromatic heterocycles. The Hall–Kier alpha value is -3.48. The summed E-state index contributed by atoms with van der Waals surface area (Å²) < 4.78 is 34.7. The predicted molar refractivity (Wildman–Crippen MR) is 97.6 cm³/mol. The minimum atomic E-state index is -1.25. The molecule has 0 amide bonds. The third-order valence-corrected chi connectivity index (χ3v) is 4.12. The fraction of sp³-hybridized carbons (Fsp3) is 0.100. The summed E-state index contributed by atoms with van der Waals surface area (Å²) in [5.74, 6) is -2.52. The molecule has 0 aliphatic heterocycles. The second kappa shape index (κ2) is 7.41. The largest absolute Gasteiger partial charge is 0.497 e. The Labute approximate surface area is 154 Å². The number of ether oxygens (including phenoxy) is 1. The van der Waals surface area contributed by atoms with Gasteiger partial charge in [0.15, 0.2) is 5.82 Å². The number of anilines is 2. The van der Waals surface area contributed by atoms with Gasteiger partial charge in [0.25, 0.3) is 0 Å². The van der Waals surface area contributed by atoms with Crippen LogP contribution in [0.15, 0.2) is 48.7 Å². The van der Waals surface area contributed by atoms with Gasteiger partial charge in [0.05, 0.1) is 7.11 Å². The summed E-state index contributed by atoms with van der Waals surface area (Å²) in [5, 5.41) is 11.7. The molecule has 7 heteroatoms. The van der Waals surface area contributed by atoms with Gasteiger partial charge in [-0.15, -0.1) is 0 Å². The number of nitrogens with zero attached hydrogens (tertiary/aromatic N) is 1. The molecule has 138 valence electrons. The molecule has 0 fully saturated rings. The second-order valence-electron chi connectivity index (χ2n) is 5.78. The van der Waals surface area contributed by atoms with Crippen LogP contribution in [-0.4, -0.2) is 23.2 Å². The van der Waals surface area contributed by atoms with E-state index in [0.29, 0.717) is 16.9 Å². The Morgan fingerprint density at radius 2 is 1.96 bits per heavy atom. The van der Waals surface area contributed by atoms with Crippen LogP contribution < -0.4 is 10.1 Å². The number of carbonyl (C=O) groups is 1. The SMILES string of the molecule is COc1cccc(-c2cc(F)c(Nc3ncccc3C(=O)O)c(F)c2C)c1. The van der Waals surface area contributed by atoms with Gasteiger partial charge in [-0.1, -0.05) is 12.1 Å². The van der Waals surface area contributed by atoms with Crippen LogP contribution in [-0.2, 0) is 0 Å². The highest BCUT2D eigenvalue weighted by Gasteiger charge is 2.20. The Morgan fingerprint density at radius 3 is 2.67 bits per heavy atom. The quantitative estimate of drug-likeness (QED) is 0.676. The van der Waals surface area contributed by atoms with E-state index in [1.807, 2.05) is 0 Å². The molecule has 2 N–H and O–H groups in total. The lowest BCUT2D eigenvalue weighted by atomic mass is 9.98. The van der Waals surface area contributed by atoms with Crippen LogP contribution >= 0.6 is 0 Å². The van der Waals surface area contributed by atoms with Gasteiger partial charge in [0.1, 0.15) is 28.6 Å². The smallest absolute Gasteiger partial charge is 0.339 e. The minimum absolute atomic E-state index is 0.142. The Morgan fingerprint density at radius 1 is 1.19 bits per heavy atom. The van der Waals surface area contributed by atoms with Crippen molar-refractivity contribution >= 4 is 17.5 Å². The fourth-order valence-corrected chi connectivity index (χ4v) is 2.72. The van der Waals surface area contributed by atoms with Crippen LogP contribution in [0.4, 0.5) is 20.3 Å². The van der Waals surface area contributed by atoms with Crippen molar-refractivity contribution in [1.82, 2.24) is 4.98 Å². The molecule has 0 saturated heterocycles. The van der Waals surface area contributed by atoms with Crippen molar-refractivity contribution in [2.75, 3.05) is 12.4 Å². The number of methoxy groups -OCH3 is 1. The number of nitrogens with one attached hydrogen (secondary N) is 1. The van der Waals surface area contributed by atoms with Crippen LogP contribution in [0.2, 0.25) is 0 Å². The van der Waals surface area contributed by atoms with E-state index in [4.69, 9.17) is 4.74 Å².